The molecule has 1 saturated carbocycles. The van der Waals surface area contributed by atoms with Crippen molar-refractivity contribution in [3.05, 3.63) is 12.7 Å². The zero-order chi connectivity index (χ0) is 13.9. The Balaban J connectivity index is 2.12. The van der Waals surface area contributed by atoms with Crippen LogP contribution in [-0.2, 0) is 4.79 Å². The molecule has 1 fully saturated rings. The van der Waals surface area contributed by atoms with Gasteiger partial charge < -0.3 is 0 Å². The summed E-state index contributed by atoms with van der Waals surface area (Å²) in [5.41, 5.74) is -0.328. The number of hydrogen-bond donors (Lipinski definition) is 0. The van der Waals surface area contributed by atoms with Gasteiger partial charge in [0.15, 0.2) is 5.78 Å². The average Bonchev–Trinajstić information content (AvgIpc) is 2.89. The number of nitrogens with zero attached hydrogens (tertiary/aromatic N) is 3. The maximum Gasteiger partial charge on any atom is 0.162 e. The van der Waals surface area contributed by atoms with Crippen LogP contribution in [0.5, 0.6) is 0 Å². The van der Waals surface area contributed by atoms with Crippen LogP contribution in [0, 0.1) is 11.3 Å². The minimum absolute atomic E-state index is 0.148. The number of carbonyl (C=O) groups is 1. The van der Waals surface area contributed by atoms with Crippen LogP contribution < -0.4 is 0 Å². The number of aromatic nitrogens is 3. The Kier molecular flexibility index (Phi) is 4.38. The first-order valence-corrected chi connectivity index (χ1v) is 7.37. The van der Waals surface area contributed by atoms with Gasteiger partial charge >= 0.3 is 0 Å². The Bertz CT molecular complexity index is 400. The van der Waals surface area contributed by atoms with E-state index in [4.69, 9.17) is 0 Å². The maximum atomic E-state index is 12.6. The van der Waals surface area contributed by atoms with Crippen molar-refractivity contribution in [2.24, 2.45) is 11.3 Å². The van der Waals surface area contributed by atoms with Crippen molar-refractivity contribution in [2.45, 2.75) is 65.3 Å². The monoisotopic (exact) mass is 263 g/mol. The van der Waals surface area contributed by atoms with Gasteiger partial charge in [0.25, 0.3) is 0 Å². The fourth-order valence-corrected chi connectivity index (χ4v) is 2.95. The molecule has 4 heteroatoms. The fraction of sp³-hybridized carbons (Fsp3) is 0.800. The van der Waals surface area contributed by atoms with Gasteiger partial charge in [-0.3, -0.25) is 4.79 Å². The van der Waals surface area contributed by atoms with Crippen LogP contribution in [0.1, 0.15) is 65.3 Å². The van der Waals surface area contributed by atoms with Gasteiger partial charge in [-0.25, -0.2) is 9.67 Å². The fourth-order valence-electron chi connectivity index (χ4n) is 2.95. The summed E-state index contributed by atoms with van der Waals surface area (Å²) in [5.74, 6) is 0.929. The molecule has 0 bridgehead atoms. The highest BCUT2D eigenvalue weighted by atomic mass is 16.1. The van der Waals surface area contributed by atoms with Crippen LogP contribution in [0.3, 0.4) is 0 Å². The Morgan fingerprint density at radius 1 is 1.32 bits per heavy atom. The van der Waals surface area contributed by atoms with E-state index in [1.807, 2.05) is 20.8 Å². The molecular formula is C15H25N3O. The van der Waals surface area contributed by atoms with Crippen molar-refractivity contribution in [3.63, 3.8) is 0 Å². The van der Waals surface area contributed by atoms with Crippen molar-refractivity contribution < 1.29 is 4.79 Å². The predicted octanol–water partition coefficient (Wildman–Crippen LogP) is 3.40. The normalized spacial score (nSPS) is 19.3. The highest BCUT2D eigenvalue weighted by molar-refractivity contribution is 5.87. The lowest BCUT2D eigenvalue weighted by Crippen LogP contribution is -2.32. The summed E-state index contributed by atoms with van der Waals surface area (Å²) in [4.78, 5) is 16.6. The minimum Gasteiger partial charge on any atom is -0.297 e. The molecule has 1 aliphatic carbocycles. The van der Waals surface area contributed by atoms with Gasteiger partial charge in [-0.15, -0.1) is 0 Å². The Hall–Kier alpha value is -1.19. The molecule has 4 nitrogen and oxygen atoms in total. The second kappa shape index (κ2) is 5.85. The lowest BCUT2D eigenvalue weighted by molar-refractivity contribution is -0.130. The molecule has 1 unspecified atom stereocenters. The van der Waals surface area contributed by atoms with Crippen LogP contribution in [-0.4, -0.2) is 20.5 Å². The molecule has 1 aliphatic rings. The molecule has 19 heavy (non-hydrogen) atoms. The summed E-state index contributed by atoms with van der Waals surface area (Å²) >= 11 is 0. The molecular weight excluding hydrogens is 238 g/mol. The number of carbonyl (C=O) groups excluding carboxylic acids is 1. The number of rotatable bonds is 4. The standard InChI is InChI=1S/C15H25N3O/c1-15(2,3)14(19)13(18-11-16-10-17-18)9-12-7-5-4-6-8-12/h10-13H,4-9H2,1-3H3. The quantitative estimate of drug-likeness (QED) is 0.836. The van der Waals surface area contributed by atoms with Crippen LogP contribution in [0.4, 0.5) is 0 Å². The van der Waals surface area contributed by atoms with Gasteiger partial charge in [0.05, 0.1) is 0 Å². The van der Waals surface area contributed by atoms with Gasteiger partial charge in [-0.2, -0.15) is 5.10 Å². The maximum absolute atomic E-state index is 12.6. The zero-order valence-electron chi connectivity index (χ0n) is 12.3. The molecule has 1 aromatic rings. The van der Waals surface area contributed by atoms with E-state index < -0.39 is 0 Å². The first-order chi connectivity index (χ1) is 8.98. The number of Topliss-reactive ketones (excluding diaryl/α,β-unsaturated/α-hetero) is 1. The third-order valence-corrected chi connectivity index (χ3v) is 4.08. The topological polar surface area (TPSA) is 47.8 Å². The highest BCUT2D eigenvalue weighted by Crippen LogP contribution is 2.34. The molecule has 0 N–H and O–H groups in total. The number of ketones is 1. The van der Waals surface area contributed by atoms with Crippen LogP contribution in [0.25, 0.3) is 0 Å². The number of hydrogen-bond acceptors (Lipinski definition) is 3. The van der Waals surface area contributed by atoms with E-state index in [9.17, 15) is 4.79 Å². The molecule has 0 saturated heterocycles. The summed E-state index contributed by atoms with van der Waals surface area (Å²) in [6.07, 6.45) is 10.6. The van der Waals surface area contributed by atoms with Crippen molar-refractivity contribution in [3.8, 4) is 0 Å². The van der Waals surface area contributed by atoms with Gasteiger partial charge in [0.2, 0.25) is 0 Å². The molecule has 1 atom stereocenters. The zero-order valence-corrected chi connectivity index (χ0v) is 12.3. The first kappa shape index (κ1) is 14.2. The third kappa shape index (κ3) is 3.64. The molecule has 1 heterocycles. The Labute approximate surface area is 115 Å². The largest absolute Gasteiger partial charge is 0.297 e. The second-order valence-corrected chi connectivity index (χ2v) is 6.75. The smallest absolute Gasteiger partial charge is 0.162 e. The minimum atomic E-state index is -0.328. The van der Waals surface area contributed by atoms with E-state index in [0.29, 0.717) is 5.92 Å². The highest BCUT2D eigenvalue weighted by Gasteiger charge is 2.33. The summed E-state index contributed by atoms with van der Waals surface area (Å²) in [7, 11) is 0. The van der Waals surface area contributed by atoms with Crippen molar-refractivity contribution in [1.82, 2.24) is 14.8 Å². The van der Waals surface area contributed by atoms with Crippen molar-refractivity contribution in [2.75, 3.05) is 0 Å². The molecule has 0 radical (unpaired) electrons. The van der Waals surface area contributed by atoms with E-state index in [2.05, 4.69) is 10.1 Å². The lowest BCUT2D eigenvalue weighted by Gasteiger charge is -2.29. The summed E-state index contributed by atoms with van der Waals surface area (Å²) in [6.45, 7) is 5.96. The van der Waals surface area contributed by atoms with Gasteiger partial charge in [0.1, 0.15) is 18.7 Å². The van der Waals surface area contributed by atoms with Crippen molar-refractivity contribution in [1.29, 1.82) is 0 Å². The van der Waals surface area contributed by atoms with Crippen LogP contribution >= 0.6 is 0 Å². The lowest BCUT2D eigenvalue weighted by atomic mass is 9.79. The molecule has 0 amide bonds. The Morgan fingerprint density at radius 3 is 2.53 bits per heavy atom. The van der Waals surface area contributed by atoms with E-state index in [-0.39, 0.29) is 17.2 Å². The summed E-state index contributed by atoms with van der Waals surface area (Å²) in [5, 5.41) is 4.20. The molecule has 1 aromatic heterocycles. The molecule has 2 rings (SSSR count). The van der Waals surface area contributed by atoms with Crippen LogP contribution in [0.15, 0.2) is 12.7 Å². The van der Waals surface area contributed by atoms with Gasteiger partial charge in [-0.1, -0.05) is 52.9 Å². The SMILES string of the molecule is CC(C)(C)C(=O)C(CC1CCCCC1)n1cncn1. The van der Waals surface area contributed by atoms with Crippen molar-refractivity contribution >= 4 is 5.78 Å². The summed E-state index contributed by atoms with van der Waals surface area (Å²) in [6, 6.07) is -0.148. The Morgan fingerprint density at radius 2 is 2.00 bits per heavy atom. The van der Waals surface area contributed by atoms with E-state index in [0.717, 1.165) is 6.42 Å². The van der Waals surface area contributed by atoms with Gasteiger partial charge in [0, 0.05) is 5.41 Å². The van der Waals surface area contributed by atoms with E-state index in [1.165, 1.54) is 38.4 Å². The van der Waals surface area contributed by atoms with Crippen LogP contribution in [0.2, 0.25) is 0 Å². The van der Waals surface area contributed by atoms with E-state index in [1.54, 1.807) is 11.0 Å². The molecule has 0 aromatic carbocycles. The predicted molar refractivity (Wildman–Crippen MR) is 74.7 cm³/mol. The first-order valence-electron chi connectivity index (χ1n) is 7.37. The molecule has 0 aliphatic heterocycles. The average molecular weight is 263 g/mol. The molecule has 106 valence electrons. The van der Waals surface area contributed by atoms with E-state index >= 15 is 0 Å². The second-order valence-electron chi connectivity index (χ2n) is 6.75. The van der Waals surface area contributed by atoms with Gasteiger partial charge in [-0.05, 0) is 12.3 Å². The third-order valence-electron chi connectivity index (χ3n) is 4.08. The molecule has 0 spiro atoms. The summed E-state index contributed by atoms with van der Waals surface area (Å²) < 4.78 is 1.75.